The summed E-state index contributed by atoms with van der Waals surface area (Å²) < 4.78 is 5.96. The van der Waals surface area contributed by atoms with Gasteiger partial charge in [0, 0.05) is 40.8 Å². The van der Waals surface area contributed by atoms with Crippen LogP contribution in [0.5, 0.6) is 11.5 Å². The Balaban J connectivity index is 1.18. The maximum atomic E-state index is 13.0. The Morgan fingerprint density at radius 1 is 0.976 bits per heavy atom. The molecular formula is C32H29Cl2N3O5. The van der Waals surface area contributed by atoms with Gasteiger partial charge in [0.15, 0.2) is 6.61 Å². The molecule has 10 heteroatoms. The van der Waals surface area contributed by atoms with Gasteiger partial charge in [0.1, 0.15) is 18.2 Å². The molecule has 1 aliphatic heterocycles. The van der Waals surface area contributed by atoms with Crippen molar-refractivity contribution in [3.05, 3.63) is 106 Å². The minimum Gasteiger partial charge on any atom is -0.506 e. The number of aromatic hydroxyl groups is 1. The highest BCUT2D eigenvalue weighted by molar-refractivity contribution is 6.32. The Bertz CT molecular complexity index is 1630. The number of nitrogens with one attached hydrogen (secondary N) is 1. The number of hydrogen-bond acceptors (Lipinski definition) is 6. The van der Waals surface area contributed by atoms with Crippen molar-refractivity contribution >= 4 is 52.0 Å². The Morgan fingerprint density at radius 3 is 2.40 bits per heavy atom. The first-order chi connectivity index (χ1) is 20.2. The second-order valence-electron chi connectivity index (χ2n) is 10.0. The maximum absolute atomic E-state index is 13.0. The quantitative estimate of drug-likeness (QED) is 0.228. The molecule has 1 aliphatic rings. The first-order valence-corrected chi connectivity index (χ1v) is 14.2. The minimum atomic E-state index is -0.988. The lowest BCUT2D eigenvalue weighted by Gasteiger charge is -2.38. The zero-order valence-corrected chi connectivity index (χ0v) is 24.1. The number of phenolic OH excluding ortho intramolecular Hbond substituents is 1. The molecule has 0 aromatic heterocycles. The number of likely N-dealkylation sites (tertiary alicyclic amines) is 1. The summed E-state index contributed by atoms with van der Waals surface area (Å²) in [5, 5.41) is 25.7. The normalized spacial score (nSPS) is 14.7. The van der Waals surface area contributed by atoms with Crippen LogP contribution in [0.3, 0.4) is 0 Å². The number of aliphatic imine (C=N–C) groups is 1. The third-order valence-electron chi connectivity index (χ3n) is 7.36. The van der Waals surface area contributed by atoms with E-state index in [0.717, 1.165) is 21.9 Å². The molecule has 0 saturated carbocycles. The van der Waals surface area contributed by atoms with Crippen molar-refractivity contribution in [3.8, 4) is 11.5 Å². The average molecular weight is 607 g/mol. The van der Waals surface area contributed by atoms with Gasteiger partial charge in [0.25, 0.3) is 11.8 Å². The number of ether oxygens (including phenoxy) is 1. The molecule has 0 atom stereocenters. The molecule has 4 aromatic rings. The number of phenols is 1. The lowest BCUT2D eigenvalue weighted by molar-refractivity contribution is -0.137. The van der Waals surface area contributed by atoms with E-state index in [1.165, 1.54) is 18.2 Å². The topological polar surface area (TPSA) is 111 Å². The summed E-state index contributed by atoms with van der Waals surface area (Å²) in [7, 11) is 0. The number of hydrogen-bond donors (Lipinski definition) is 3. The molecule has 1 heterocycles. The van der Waals surface area contributed by atoms with E-state index in [9.17, 15) is 19.8 Å². The van der Waals surface area contributed by atoms with E-state index >= 15 is 0 Å². The van der Waals surface area contributed by atoms with Gasteiger partial charge in [-0.25, -0.2) is 0 Å². The van der Waals surface area contributed by atoms with Crippen molar-refractivity contribution in [2.45, 2.75) is 18.4 Å². The molecule has 216 valence electrons. The van der Waals surface area contributed by atoms with E-state index < -0.39 is 5.60 Å². The summed E-state index contributed by atoms with van der Waals surface area (Å²) >= 11 is 11.9. The second kappa shape index (κ2) is 12.8. The number of fused-ring (bicyclic) bond motifs is 1. The summed E-state index contributed by atoms with van der Waals surface area (Å²) in [6.07, 6.45) is 2.53. The molecular weight excluding hydrogens is 577 g/mol. The summed E-state index contributed by atoms with van der Waals surface area (Å²) in [5.74, 6) is -0.0306. The Labute approximate surface area is 253 Å². The van der Waals surface area contributed by atoms with Crippen LogP contribution in [0.4, 0.5) is 0 Å². The predicted molar refractivity (Wildman–Crippen MR) is 164 cm³/mol. The first-order valence-electron chi connectivity index (χ1n) is 13.4. The van der Waals surface area contributed by atoms with Crippen LogP contribution < -0.4 is 10.1 Å². The van der Waals surface area contributed by atoms with Crippen molar-refractivity contribution in [3.63, 3.8) is 0 Å². The predicted octanol–water partition coefficient (Wildman–Crippen LogP) is 5.55. The van der Waals surface area contributed by atoms with Gasteiger partial charge in [-0.05, 0) is 66.3 Å². The van der Waals surface area contributed by atoms with Gasteiger partial charge in [-0.15, -0.1) is 0 Å². The van der Waals surface area contributed by atoms with Gasteiger partial charge in [0.2, 0.25) is 0 Å². The average Bonchev–Trinajstić information content (AvgIpc) is 3.00. The molecule has 42 heavy (non-hydrogen) atoms. The largest absolute Gasteiger partial charge is 0.506 e. The summed E-state index contributed by atoms with van der Waals surface area (Å²) in [4.78, 5) is 31.3. The molecule has 0 aliphatic carbocycles. The molecule has 0 bridgehead atoms. The van der Waals surface area contributed by atoms with Crippen molar-refractivity contribution in [1.82, 2.24) is 10.2 Å². The first kappa shape index (κ1) is 29.4. The smallest absolute Gasteiger partial charge is 0.260 e. The summed E-state index contributed by atoms with van der Waals surface area (Å²) in [6.45, 7) is 0.771. The van der Waals surface area contributed by atoms with Crippen LogP contribution in [0.15, 0.2) is 83.9 Å². The highest BCUT2D eigenvalue weighted by Crippen LogP contribution is 2.34. The van der Waals surface area contributed by atoms with Gasteiger partial charge >= 0.3 is 0 Å². The fraction of sp³-hybridized carbons (Fsp3) is 0.219. The summed E-state index contributed by atoms with van der Waals surface area (Å²) in [6, 6.07) is 22.7. The van der Waals surface area contributed by atoms with Crippen LogP contribution in [0, 0.1) is 0 Å². The number of carbonyl (C=O) groups is 2. The lowest BCUT2D eigenvalue weighted by atomic mass is 9.84. The van der Waals surface area contributed by atoms with Crippen molar-refractivity contribution in [2.75, 3.05) is 26.4 Å². The van der Waals surface area contributed by atoms with Crippen LogP contribution in [0.1, 0.15) is 34.3 Å². The van der Waals surface area contributed by atoms with Gasteiger partial charge in [-0.1, -0.05) is 59.6 Å². The molecule has 1 fully saturated rings. The minimum absolute atomic E-state index is 0.0430. The number of benzene rings is 4. The molecule has 8 nitrogen and oxygen atoms in total. The van der Waals surface area contributed by atoms with E-state index in [0.29, 0.717) is 42.3 Å². The van der Waals surface area contributed by atoms with Crippen LogP contribution >= 0.6 is 23.2 Å². The molecule has 0 spiro atoms. The third-order valence-corrected chi connectivity index (χ3v) is 7.92. The molecule has 0 unspecified atom stereocenters. The van der Waals surface area contributed by atoms with Crippen LogP contribution in [-0.2, 0) is 10.4 Å². The van der Waals surface area contributed by atoms with Gasteiger partial charge in [-0.2, -0.15) is 0 Å². The van der Waals surface area contributed by atoms with Gasteiger partial charge in [-0.3, -0.25) is 14.6 Å². The van der Waals surface area contributed by atoms with E-state index in [4.69, 9.17) is 27.9 Å². The zero-order chi connectivity index (χ0) is 29.7. The van der Waals surface area contributed by atoms with Crippen LogP contribution in [0.2, 0.25) is 10.0 Å². The zero-order valence-electron chi connectivity index (χ0n) is 22.6. The van der Waals surface area contributed by atoms with Crippen molar-refractivity contribution < 1.29 is 24.5 Å². The molecule has 0 radical (unpaired) electrons. The van der Waals surface area contributed by atoms with Crippen LogP contribution in [0.25, 0.3) is 10.8 Å². The Morgan fingerprint density at radius 2 is 1.69 bits per heavy atom. The molecule has 4 aromatic carbocycles. The monoisotopic (exact) mass is 605 g/mol. The van der Waals surface area contributed by atoms with Crippen LogP contribution in [-0.4, -0.2) is 59.5 Å². The molecule has 5 rings (SSSR count). The SMILES string of the molecule is O=C(NC/N=C/c1ccc(OCC(=O)N2CCC(O)(c3ccc(Cl)cc3)CC2)c2ccccc12)c1ccc(O)c(Cl)c1. The third kappa shape index (κ3) is 6.68. The molecule has 1 saturated heterocycles. The van der Waals surface area contributed by atoms with Gasteiger partial charge < -0.3 is 25.2 Å². The van der Waals surface area contributed by atoms with E-state index in [-0.39, 0.29) is 35.9 Å². The van der Waals surface area contributed by atoms with E-state index in [1.807, 2.05) is 42.5 Å². The fourth-order valence-corrected chi connectivity index (χ4v) is 5.26. The van der Waals surface area contributed by atoms with Crippen molar-refractivity contribution in [2.24, 2.45) is 4.99 Å². The maximum Gasteiger partial charge on any atom is 0.260 e. The second-order valence-corrected chi connectivity index (χ2v) is 10.9. The number of carbonyl (C=O) groups excluding carboxylic acids is 2. The van der Waals surface area contributed by atoms with E-state index in [2.05, 4.69) is 10.3 Å². The number of halogens is 2. The number of aliphatic hydroxyl groups is 1. The Kier molecular flexibility index (Phi) is 8.97. The highest BCUT2D eigenvalue weighted by Gasteiger charge is 2.35. The molecule has 2 amide bonds. The standard InChI is InChI=1S/C32H29Cl2N3O5/c33-24-9-7-23(8-10-24)32(41)13-15-37(16-14-32)30(39)19-42-29-12-6-22(25-3-1-2-4-26(25)29)18-35-20-36-31(40)21-5-11-28(38)27(34)17-21/h1-12,17-18,38,41H,13-16,19-20H2,(H,36,40)/b35-18+. The number of piperidine rings is 1. The fourth-order valence-electron chi connectivity index (χ4n) is 4.95. The lowest BCUT2D eigenvalue weighted by Crippen LogP contribution is -2.46. The highest BCUT2D eigenvalue weighted by atomic mass is 35.5. The number of nitrogens with zero attached hydrogens (tertiary/aromatic N) is 2. The summed E-state index contributed by atoms with van der Waals surface area (Å²) in [5.41, 5.74) is 0.952. The molecule has 3 N–H and O–H groups in total. The van der Waals surface area contributed by atoms with E-state index in [1.54, 1.807) is 29.3 Å². The number of amides is 2. The van der Waals surface area contributed by atoms with Gasteiger partial charge in [0.05, 0.1) is 10.6 Å². The Hall–Kier alpha value is -4.11. The number of rotatable bonds is 8. The van der Waals surface area contributed by atoms with Crippen molar-refractivity contribution in [1.29, 1.82) is 0 Å².